The number of rotatable bonds is 7. The maximum absolute atomic E-state index is 11.6. The molecule has 1 aromatic carbocycles. The SMILES string of the molecule is CCOCC(=O)NCC(O)(c1ccccc1)C1CC1. The van der Waals surface area contributed by atoms with Crippen molar-refractivity contribution in [2.75, 3.05) is 19.8 Å². The van der Waals surface area contributed by atoms with Gasteiger partial charge in [0, 0.05) is 6.61 Å². The minimum Gasteiger partial charge on any atom is -0.383 e. The van der Waals surface area contributed by atoms with Crippen molar-refractivity contribution in [3.8, 4) is 0 Å². The molecule has 1 fully saturated rings. The number of nitrogens with one attached hydrogen (secondary N) is 1. The van der Waals surface area contributed by atoms with E-state index in [1.54, 1.807) is 0 Å². The normalized spacial score (nSPS) is 17.8. The van der Waals surface area contributed by atoms with Gasteiger partial charge in [-0.05, 0) is 31.2 Å². The first-order chi connectivity index (χ1) is 9.16. The molecule has 1 atom stereocenters. The quantitative estimate of drug-likeness (QED) is 0.782. The second-order valence-electron chi connectivity index (χ2n) is 4.98. The van der Waals surface area contributed by atoms with E-state index in [0.29, 0.717) is 6.61 Å². The first-order valence-corrected chi connectivity index (χ1v) is 6.79. The molecule has 1 amide bonds. The van der Waals surface area contributed by atoms with E-state index < -0.39 is 5.60 Å². The van der Waals surface area contributed by atoms with Gasteiger partial charge in [0.25, 0.3) is 0 Å². The monoisotopic (exact) mass is 263 g/mol. The molecule has 1 aromatic rings. The Bertz CT molecular complexity index is 417. The fraction of sp³-hybridized carbons (Fsp3) is 0.533. The lowest BCUT2D eigenvalue weighted by Gasteiger charge is -2.29. The van der Waals surface area contributed by atoms with Crippen LogP contribution in [0.1, 0.15) is 25.3 Å². The second kappa shape index (κ2) is 6.17. The molecule has 4 nitrogen and oxygen atoms in total. The highest BCUT2D eigenvalue weighted by atomic mass is 16.5. The zero-order chi connectivity index (χ0) is 13.7. The fourth-order valence-corrected chi connectivity index (χ4v) is 2.25. The number of hydrogen-bond acceptors (Lipinski definition) is 3. The molecule has 104 valence electrons. The summed E-state index contributed by atoms with van der Waals surface area (Å²) in [5.41, 5.74) is -0.0856. The first-order valence-electron chi connectivity index (χ1n) is 6.79. The van der Waals surface area contributed by atoms with Crippen LogP contribution in [-0.2, 0) is 15.1 Å². The summed E-state index contributed by atoms with van der Waals surface area (Å²) in [5.74, 6) is 0.0548. The highest BCUT2D eigenvalue weighted by Gasteiger charge is 2.45. The third-order valence-electron chi connectivity index (χ3n) is 3.52. The van der Waals surface area contributed by atoms with Crippen LogP contribution in [0, 0.1) is 5.92 Å². The Hall–Kier alpha value is -1.39. The van der Waals surface area contributed by atoms with Gasteiger partial charge in [-0.25, -0.2) is 0 Å². The summed E-state index contributed by atoms with van der Waals surface area (Å²) in [6.45, 7) is 2.65. The maximum Gasteiger partial charge on any atom is 0.246 e. The molecule has 0 aliphatic heterocycles. The van der Waals surface area contributed by atoms with Gasteiger partial charge in [0.05, 0.1) is 6.54 Å². The van der Waals surface area contributed by atoms with Crippen molar-refractivity contribution < 1.29 is 14.6 Å². The van der Waals surface area contributed by atoms with Crippen molar-refractivity contribution in [3.63, 3.8) is 0 Å². The standard InChI is InChI=1S/C15H21NO3/c1-2-19-10-14(17)16-11-15(18,13-8-9-13)12-6-4-3-5-7-12/h3-7,13,18H,2,8-11H2,1H3,(H,16,17). The zero-order valence-corrected chi connectivity index (χ0v) is 11.3. The average molecular weight is 263 g/mol. The highest BCUT2D eigenvalue weighted by molar-refractivity contribution is 5.77. The van der Waals surface area contributed by atoms with Crippen molar-refractivity contribution in [2.45, 2.75) is 25.4 Å². The molecule has 1 aliphatic carbocycles. The van der Waals surface area contributed by atoms with E-state index in [2.05, 4.69) is 5.32 Å². The van der Waals surface area contributed by atoms with Gasteiger partial charge >= 0.3 is 0 Å². The molecule has 0 bridgehead atoms. The fourth-order valence-electron chi connectivity index (χ4n) is 2.25. The van der Waals surface area contributed by atoms with Gasteiger partial charge in [0.2, 0.25) is 5.91 Å². The summed E-state index contributed by atoms with van der Waals surface area (Å²) in [5, 5.41) is 13.6. The lowest BCUT2D eigenvalue weighted by atomic mass is 9.88. The van der Waals surface area contributed by atoms with Crippen LogP contribution in [0.3, 0.4) is 0 Å². The van der Waals surface area contributed by atoms with Crippen LogP contribution in [0.4, 0.5) is 0 Å². The molecule has 0 radical (unpaired) electrons. The Labute approximate surface area is 113 Å². The summed E-state index contributed by atoms with van der Waals surface area (Å²) in [6, 6.07) is 9.56. The Balaban J connectivity index is 1.99. The molecular weight excluding hydrogens is 242 g/mol. The summed E-state index contributed by atoms with van der Waals surface area (Å²) in [4.78, 5) is 11.6. The molecule has 1 unspecified atom stereocenters. The van der Waals surface area contributed by atoms with Crippen LogP contribution < -0.4 is 5.32 Å². The Morgan fingerprint density at radius 1 is 1.42 bits per heavy atom. The van der Waals surface area contributed by atoms with E-state index in [1.807, 2.05) is 37.3 Å². The Morgan fingerprint density at radius 2 is 2.11 bits per heavy atom. The van der Waals surface area contributed by atoms with Crippen LogP contribution in [0.5, 0.6) is 0 Å². The number of ether oxygens (including phenoxy) is 1. The topological polar surface area (TPSA) is 58.6 Å². The number of aliphatic hydroxyl groups is 1. The summed E-state index contributed by atoms with van der Waals surface area (Å²) in [7, 11) is 0. The van der Waals surface area contributed by atoms with E-state index in [0.717, 1.165) is 18.4 Å². The van der Waals surface area contributed by atoms with E-state index in [-0.39, 0.29) is 25.0 Å². The molecule has 2 rings (SSSR count). The molecule has 4 heteroatoms. The largest absolute Gasteiger partial charge is 0.383 e. The van der Waals surface area contributed by atoms with Gasteiger partial charge in [-0.15, -0.1) is 0 Å². The second-order valence-corrected chi connectivity index (χ2v) is 4.98. The lowest BCUT2D eigenvalue weighted by Crippen LogP contribution is -2.43. The molecule has 2 N–H and O–H groups in total. The summed E-state index contributed by atoms with van der Waals surface area (Å²) < 4.78 is 5.05. The van der Waals surface area contributed by atoms with Crippen LogP contribution in [0.2, 0.25) is 0 Å². The van der Waals surface area contributed by atoms with Crippen LogP contribution in [0.25, 0.3) is 0 Å². The number of amides is 1. The first kappa shape index (κ1) is 14.0. The lowest BCUT2D eigenvalue weighted by molar-refractivity contribution is -0.127. The van der Waals surface area contributed by atoms with Crippen LogP contribution in [-0.4, -0.2) is 30.8 Å². The number of carbonyl (C=O) groups excluding carboxylic acids is 1. The van der Waals surface area contributed by atoms with Gasteiger partial charge in [0.1, 0.15) is 12.2 Å². The predicted molar refractivity (Wildman–Crippen MR) is 72.6 cm³/mol. The van der Waals surface area contributed by atoms with Gasteiger partial charge in [-0.3, -0.25) is 4.79 Å². The third-order valence-corrected chi connectivity index (χ3v) is 3.52. The van der Waals surface area contributed by atoms with Crippen molar-refractivity contribution in [3.05, 3.63) is 35.9 Å². The minimum atomic E-state index is -0.955. The third kappa shape index (κ3) is 3.55. The maximum atomic E-state index is 11.6. The van der Waals surface area contributed by atoms with Crippen LogP contribution >= 0.6 is 0 Å². The van der Waals surface area contributed by atoms with Gasteiger partial charge in [0.15, 0.2) is 0 Å². The van der Waals surface area contributed by atoms with Gasteiger partial charge in [-0.1, -0.05) is 30.3 Å². The molecule has 1 aliphatic rings. The van der Waals surface area contributed by atoms with Gasteiger partial charge in [-0.2, -0.15) is 0 Å². The van der Waals surface area contributed by atoms with Crippen molar-refractivity contribution >= 4 is 5.91 Å². The average Bonchev–Trinajstić information content (AvgIpc) is 3.28. The summed E-state index contributed by atoms with van der Waals surface area (Å²) in [6.07, 6.45) is 2.01. The zero-order valence-electron chi connectivity index (χ0n) is 11.3. The molecule has 0 spiro atoms. The smallest absolute Gasteiger partial charge is 0.246 e. The molecule has 19 heavy (non-hydrogen) atoms. The summed E-state index contributed by atoms with van der Waals surface area (Å²) >= 11 is 0. The Morgan fingerprint density at radius 3 is 2.68 bits per heavy atom. The van der Waals surface area contributed by atoms with Crippen LogP contribution in [0.15, 0.2) is 30.3 Å². The molecule has 0 heterocycles. The number of carbonyl (C=O) groups is 1. The van der Waals surface area contributed by atoms with Crippen molar-refractivity contribution in [1.29, 1.82) is 0 Å². The number of hydrogen-bond donors (Lipinski definition) is 2. The number of benzene rings is 1. The van der Waals surface area contributed by atoms with Gasteiger partial charge < -0.3 is 15.2 Å². The highest BCUT2D eigenvalue weighted by Crippen LogP contribution is 2.45. The van der Waals surface area contributed by atoms with E-state index in [4.69, 9.17) is 4.74 Å². The Kier molecular flexibility index (Phi) is 4.56. The van der Waals surface area contributed by atoms with E-state index >= 15 is 0 Å². The predicted octanol–water partition coefficient (Wildman–Crippen LogP) is 1.44. The molecular formula is C15H21NO3. The molecule has 0 aromatic heterocycles. The minimum absolute atomic E-state index is 0.0477. The molecule has 0 saturated heterocycles. The van der Waals surface area contributed by atoms with E-state index in [1.165, 1.54) is 0 Å². The van der Waals surface area contributed by atoms with Crippen molar-refractivity contribution in [2.24, 2.45) is 5.92 Å². The van der Waals surface area contributed by atoms with E-state index in [9.17, 15) is 9.90 Å². The molecule has 1 saturated carbocycles. The van der Waals surface area contributed by atoms with Crippen molar-refractivity contribution in [1.82, 2.24) is 5.32 Å².